The quantitative estimate of drug-likeness (QED) is 0.700. The Morgan fingerprint density at radius 2 is 2.00 bits per heavy atom. The van der Waals surface area contributed by atoms with Crippen LogP contribution in [0, 0.1) is 0 Å². The molecule has 0 radical (unpaired) electrons. The summed E-state index contributed by atoms with van der Waals surface area (Å²) in [5.74, 6) is 0.128. The van der Waals surface area contributed by atoms with E-state index in [-0.39, 0.29) is 11.8 Å². The molecule has 1 amide bonds. The zero-order valence-corrected chi connectivity index (χ0v) is 10.3. The van der Waals surface area contributed by atoms with E-state index in [1.807, 2.05) is 20.8 Å². The molecule has 1 rings (SSSR count). The van der Waals surface area contributed by atoms with E-state index < -0.39 is 11.7 Å². The number of carbonyl (C=O) groups excluding carboxylic acids is 2. The summed E-state index contributed by atoms with van der Waals surface area (Å²) in [5, 5.41) is 2.65. The number of amides is 1. The smallest absolute Gasteiger partial charge is 0.408 e. The first-order valence-electron chi connectivity index (χ1n) is 5.91. The second kappa shape index (κ2) is 5.32. The summed E-state index contributed by atoms with van der Waals surface area (Å²) in [6, 6.07) is -0.350. The van der Waals surface area contributed by atoms with E-state index in [0.717, 1.165) is 25.7 Å². The highest BCUT2D eigenvalue weighted by Gasteiger charge is 2.24. The molecule has 0 heterocycles. The number of ketones is 1. The molecule has 0 aromatic carbocycles. The number of rotatable bonds is 1. The fourth-order valence-electron chi connectivity index (χ4n) is 1.76. The van der Waals surface area contributed by atoms with Crippen molar-refractivity contribution in [1.82, 2.24) is 5.32 Å². The fraction of sp³-hybridized carbons (Fsp3) is 0.833. The third-order valence-electron chi connectivity index (χ3n) is 2.50. The number of Topliss-reactive ketones (excluding diaryl/α,β-unsaturated/α-hetero) is 1. The maximum atomic E-state index is 11.6. The van der Waals surface area contributed by atoms with E-state index in [0.29, 0.717) is 6.42 Å². The lowest BCUT2D eigenvalue weighted by Gasteiger charge is -2.22. The summed E-state index contributed by atoms with van der Waals surface area (Å²) in [6.45, 7) is 5.42. The van der Waals surface area contributed by atoms with Gasteiger partial charge in [0, 0.05) is 6.42 Å². The molecule has 0 aromatic rings. The van der Waals surface area contributed by atoms with Crippen LogP contribution in [-0.2, 0) is 9.53 Å². The molecule has 0 saturated heterocycles. The topological polar surface area (TPSA) is 55.4 Å². The molecule has 92 valence electrons. The van der Waals surface area contributed by atoms with Crippen LogP contribution in [0.15, 0.2) is 0 Å². The highest BCUT2D eigenvalue weighted by atomic mass is 16.6. The lowest BCUT2D eigenvalue weighted by molar-refractivity contribution is -0.121. The van der Waals surface area contributed by atoms with Crippen molar-refractivity contribution in [2.75, 3.05) is 0 Å². The molecule has 1 aliphatic rings. The van der Waals surface area contributed by atoms with Gasteiger partial charge < -0.3 is 10.1 Å². The highest BCUT2D eigenvalue weighted by molar-refractivity contribution is 5.87. The first-order chi connectivity index (χ1) is 7.38. The van der Waals surface area contributed by atoms with Gasteiger partial charge in [0.2, 0.25) is 0 Å². The predicted molar refractivity (Wildman–Crippen MR) is 61.2 cm³/mol. The zero-order chi connectivity index (χ0) is 12.2. The second-order valence-corrected chi connectivity index (χ2v) is 5.26. The number of alkyl carbamates (subject to hydrolysis) is 1. The summed E-state index contributed by atoms with van der Waals surface area (Å²) in [5.41, 5.74) is -0.516. The third-order valence-corrected chi connectivity index (χ3v) is 2.50. The Balaban J connectivity index is 2.45. The van der Waals surface area contributed by atoms with Gasteiger partial charge in [-0.15, -0.1) is 0 Å². The van der Waals surface area contributed by atoms with Crippen LogP contribution >= 0.6 is 0 Å². The second-order valence-electron chi connectivity index (χ2n) is 5.26. The minimum absolute atomic E-state index is 0.128. The van der Waals surface area contributed by atoms with Crippen molar-refractivity contribution in [2.45, 2.75) is 64.5 Å². The van der Waals surface area contributed by atoms with Crippen molar-refractivity contribution in [3.63, 3.8) is 0 Å². The Labute approximate surface area is 96.7 Å². The van der Waals surface area contributed by atoms with Gasteiger partial charge in [0.05, 0.1) is 6.04 Å². The lowest BCUT2D eigenvalue weighted by atomic mass is 10.1. The molecule has 1 fully saturated rings. The van der Waals surface area contributed by atoms with Gasteiger partial charge in [0.15, 0.2) is 5.78 Å². The van der Waals surface area contributed by atoms with Gasteiger partial charge in [-0.05, 0) is 33.6 Å². The molecule has 1 saturated carbocycles. The van der Waals surface area contributed by atoms with Crippen LogP contribution in [0.25, 0.3) is 0 Å². The Kier molecular flexibility index (Phi) is 4.33. The van der Waals surface area contributed by atoms with Crippen LogP contribution in [0.2, 0.25) is 0 Å². The van der Waals surface area contributed by atoms with Crippen LogP contribution in [0.3, 0.4) is 0 Å². The number of ether oxygens (including phenoxy) is 1. The molecule has 1 N–H and O–H groups in total. The molecule has 1 atom stereocenters. The number of nitrogens with one attached hydrogen (secondary N) is 1. The number of hydrogen-bond donors (Lipinski definition) is 1. The molecular formula is C12H21NO3. The Morgan fingerprint density at radius 3 is 2.62 bits per heavy atom. The van der Waals surface area contributed by atoms with Crippen molar-refractivity contribution in [3.05, 3.63) is 0 Å². The summed E-state index contributed by atoms with van der Waals surface area (Å²) < 4.78 is 5.13. The summed E-state index contributed by atoms with van der Waals surface area (Å²) in [6.07, 6.45) is 3.81. The molecule has 16 heavy (non-hydrogen) atoms. The van der Waals surface area contributed by atoms with Gasteiger partial charge in [-0.25, -0.2) is 4.79 Å². The SMILES string of the molecule is CC(C)(C)OC(=O)NC1CCCCCC1=O. The van der Waals surface area contributed by atoms with Gasteiger partial charge in [-0.1, -0.05) is 12.8 Å². The van der Waals surface area contributed by atoms with Gasteiger partial charge in [-0.3, -0.25) is 4.79 Å². The van der Waals surface area contributed by atoms with E-state index in [9.17, 15) is 9.59 Å². The van der Waals surface area contributed by atoms with Gasteiger partial charge >= 0.3 is 6.09 Å². The molecule has 4 nitrogen and oxygen atoms in total. The largest absolute Gasteiger partial charge is 0.444 e. The van der Waals surface area contributed by atoms with Crippen LogP contribution < -0.4 is 5.32 Å². The van der Waals surface area contributed by atoms with Crippen LogP contribution in [-0.4, -0.2) is 23.5 Å². The maximum Gasteiger partial charge on any atom is 0.408 e. The summed E-state index contributed by atoms with van der Waals surface area (Å²) in [4.78, 5) is 23.1. The van der Waals surface area contributed by atoms with Crippen molar-refractivity contribution < 1.29 is 14.3 Å². The van der Waals surface area contributed by atoms with E-state index >= 15 is 0 Å². The number of hydrogen-bond acceptors (Lipinski definition) is 3. The van der Waals surface area contributed by atoms with Crippen LogP contribution in [0.4, 0.5) is 4.79 Å². The molecule has 0 aromatic heterocycles. The first kappa shape index (κ1) is 13.0. The lowest BCUT2D eigenvalue weighted by Crippen LogP contribution is -2.42. The molecule has 0 spiro atoms. The Hall–Kier alpha value is -1.06. The van der Waals surface area contributed by atoms with Gasteiger partial charge in [0.1, 0.15) is 5.60 Å². The van der Waals surface area contributed by atoms with E-state index in [2.05, 4.69) is 5.32 Å². The molecule has 1 aliphatic carbocycles. The predicted octanol–water partition coefficient (Wildman–Crippen LogP) is 2.41. The van der Waals surface area contributed by atoms with Crippen molar-refractivity contribution in [2.24, 2.45) is 0 Å². The minimum Gasteiger partial charge on any atom is -0.444 e. The molecule has 0 bridgehead atoms. The molecule has 0 aliphatic heterocycles. The number of carbonyl (C=O) groups is 2. The Morgan fingerprint density at radius 1 is 1.31 bits per heavy atom. The van der Waals surface area contributed by atoms with Crippen LogP contribution in [0.1, 0.15) is 52.9 Å². The van der Waals surface area contributed by atoms with E-state index in [4.69, 9.17) is 4.74 Å². The zero-order valence-electron chi connectivity index (χ0n) is 10.3. The Bertz CT molecular complexity index is 268. The highest BCUT2D eigenvalue weighted by Crippen LogP contribution is 2.15. The molecule has 1 unspecified atom stereocenters. The normalized spacial score (nSPS) is 22.4. The third kappa shape index (κ3) is 4.64. The van der Waals surface area contributed by atoms with Gasteiger partial charge in [-0.2, -0.15) is 0 Å². The summed E-state index contributed by atoms with van der Waals surface area (Å²) >= 11 is 0. The van der Waals surface area contributed by atoms with E-state index in [1.165, 1.54) is 0 Å². The standard InChI is InChI=1S/C12H21NO3/c1-12(2,3)16-11(15)13-9-7-5-4-6-8-10(9)14/h9H,4-8H2,1-3H3,(H,13,15). The van der Waals surface area contributed by atoms with Gasteiger partial charge in [0.25, 0.3) is 0 Å². The minimum atomic E-state index is -0.516. The van der Waals surface area contributed by atoms with Crippen LogP contribution in [0.5, 0.6) is 0 Å². The van der Waals surface area contributed by atoms with Crippen molar-refractivity contribution in [3.8, 4) is 0 Å². The van der Waals surface area contributed by atoms with E-state index in [1.54, 1.807) is 0 Å². The average Bonchev–Trinajstić information content (AvgIpc) is 2.29. The van der Waals surface area contributed by atoms with Crippen molar-refractivity contribution in [1.29, 1.82) is 0 Å². The monoisotopic (exact) mass is 227 g/mol. The molecular weight excluding hydrogens is 206 g/mol. The molecule has 4 heteroatoms. The maximum absolute atomic E-state index is 11.6. The fourth-order valence-corrected chi connectivity index (χ4v) is 1.76. The summed E-state index contributed by atoms with van der Waals surface area (Å²) in [7, 11) is 0. The first-order valence-corrected chi connectivity index (χ1v) is 5.91. The average molecular weight is 227 g/mol. The van der Waals surface area contributed by atoms with Crippen molar-refractivity contribution >= 4 is 11.9 Å².